The summed E-state index contributed by atoms with van der Waals surface area (Å²) in [6.07, 6.45) is 1.58. The molecule has 0 aliphatic carbocycles. The van der Waals surface area contributed by atoms with Crippen molar-refractivity contribution < 1.29 is 19.1 Å². The third-order valence-electron chi connectivity index (χ3n) is 3.29. The van der Waals surface area contributed by atoms with Crippen molar-refractivity contribution in [1.82, 2.24) is 9.80 Å². The Kier molecular flexibility index (Phi) is 4.07. The molecule has 0 atom stereocenters. The van der Waals surface area contributed by atoms with Gasteiger partial charge in [0.25, 0.3) is 5.91 Å². The molecule has 6 heteroatoms. The molecule has 110 valence electrons. The van der Waals surface area contributed by atoms with Crippen LogP contribution in [0.2, 0.25) is 0 Å². The maximum Gasteiger partial charge on any atom is 0.277 e. The Hall–Kier alpha value is -2.63. The second kappa shape index (κ2) is 5.78. The van der Waals surface area contributed by atoms with Crippen LogP contribution in [0.1, 0.15) is 12.5 Å². The third kappa shape index (κ3) is 2.94. The molecule has 2 rings (SSSR count). The van der Waals surface area contributed by atoms with E-state index in [9.17, 15) is 14.4 Å². The summed E-state index contributed by atoms with van der Waals surface area (Å²) in [5.41, 5.74) is 0.913. The highest BCUT2D eigenvalue weighted by Crippen LogP contribution is 2.19. The smallest absolute Gasteiger partial charge is 0.277 e. The topological polar surface area (TPSA) is 66.9 Å². The first-order valence-electron chi connectivity index (χ1n) is 6.38. The lowest BCUT2D eigenvalue weighted by Crippen LogP contribution is -2.52. The lowest BCUT2D eigenvalue weighted by Gasteiger charge is -2.31. The highest BCUT2D eigenvalue weighted by Gasteiger charge is 2.34. The Morgan fingerprint density at radius 2 is 1.86 bits per heavy atom. The number of carbonyl (C=O) groups is 3. The monoisotopic (exact) mass is 288 g/mol. The molecule has 0 N–H and O–H groups in total. The van der Waals surface area contributed by atoms with Gasteiger partial charge in [-0.1, -0.05) is 12.1 Å². The average Bonchev–Trinajstić information content (AvgIpc) is 2.47. The molecule has 3 amide bonds. The molecule has 0 radical (unpaired) electrons. The van der Waals surface area contributed by atoms with Crippen LogP contribution in [0.4, 0.5) is 0 Å². The quantitative estimate of drug-likeness (QED) is 0.758. The number of likely N-dealkylation sites (N-methyl/N-ethyl adjacent to an activating group) is 1. The number of hydrogen-bond donors (Lipinski definition) is 0. The van der Waals surface area contributed by atoms with Crippen molar-refractivity contribution in [2.45, 2.75) is 6.92 Å². The number of benzene rings is 1. The minimum absolute atomic E-state index is 0.173. The molecule has 0 bridgehead atoms. The van der Waals surface area contributed by atoms with Gasteiger partial charge in [0.2, 0.25) is 11.8 Å². The molecule has 1 heterocycles. The Balaban J connectivity index is 2.37. The van der Waals surface area contributed by atoms with E-state index >= 15 is 0 Å². The van der Waals surface area contributed by atoms with Crippen molar-refractivity contribution in [2.24, 2.45) is 0 Å². The first kappa shape index (κ1) is 14.8. The van der Waals surface area contributed by atoms with Gasteiger partial charge in [-0.3, -0.25) is 19.3 Å². The molecule has 1 aromatic carbocycles. The first-order chi connectivity index (χ1) is 9.93. The molecule has 1 fully saturated rings. The molecule has 1 aromatic rings. The predicted molar refractivity (Wildman–Crippen MR) is 76.1 cm³/mol. The molecular formula is C15H16N2O4. The van der Waals surface area contributed by atoms with E-state index in [1.165, 1.54) is 18.9 Å². The van der Waals surface area contributed by atoms with Crippen molar-refractivity contribution in [3.63, 3.8) is 0 Å². The van der Waals surface area contributed by atoms with Crippen molar-refractivity contribution >= 4 is 23.8 Å². The maximum absolute atomic E-state index is 12.3. The summed E-state index contributed by atoms with van der Waals surface area (Å²) in [7, 11) is 3.09. The first-order valence-corrected chi connectivity index (χ1v) is 6.38. The maximum atomic E-state index is 12.3. The average molecular weight is 288 g/mol. The number of imide groups is 1. The van der Waals surface area contributed by atoms with E-state index in [1.54, 1.807) is 37.5 Å². The minimum Gasteiger partial charge on any atom is -0.497 e. The van der Waals surface area contributed by atoms with Gasteiger partial charge in [0, 0.05) is 14.0 Å². The van der Waals surface area contributed by atoms with Gasteiger partial charge in [-0.05, 0) is 23.8 Å². The molecule has 0 aromatic heterocycles. The van der Waals surface area contributed by atoms with Crippen LogP contribution in [0.3, 0.4) is 0 Å². The van der Waals surface area contributed by atoms with Crippen molar-refractivity contribution in [3.8, 4) is 5.75 Å². The number of rotatable bonds is 2. The fraction of sp³-hybridized carbons (Fsp3) is 0.267. The Labute approximate surface area is 122 Å². The molecule has 0 saturated carbocycles. The second-order valence-corrected chi connectivity index (χ2v) is 4.67. The molecule has 1 aliphatic heterocycles. The van der Waals surface area contributed by atoms with Crippen LogP contribution in [-0.4, -0.2) is 48.2 Å². The molecule has 1 aliphatic rings. The molecule has 1 saturated heterocycles. The number of carbonyl (C=O) groups excluding carboxylic acids is 3. The van der Waals surface area contributed by atoms with E-state index in [-0.39, 0.29) is 18.1 Å². The highest BCUT2D eigenvalue weighted by molar-refractivity contribution is 6.12. The SMILES string of the molecule is COc1ccc(/C=C2\C(=O)N(C(C)=O)CC(=O)N2C)cc1. The lowest BCUT2D eigenvalue weighted by molar-refractivity contribution is -0.151. The van der Waals surface area contributed by atoms with Crippen LogP contribution < -0.4 is 4.74 Å². The van der Waals surface area contributed by atoms with E-state index in [2.05, 4.69) is 0 Å². The van der Waals surface area contributed by atoms with E-state index in [1.807, 2.05) is 0 Å². The van der Waals surface area contributed by atoms with Crippen molar-refractivity contribution in [2.75, 3.05) is 20.7 Å². The summed E-state index contributed by atoms with van der Waals surface area (Å²) in [4.78, 5) is 37.8. The summed E-state index contributed by atoms with van der Waals surface area (Å²) >= 11 is 0. The Bertz CT molecular complexity index is 619. The number of amides is 3. The molecular weight excluding hydrogens is 272 g/mol. The number of ether oxygens (including phenoxy) is 1. The van der Waals surface area contributed by atoms with Gasteiger partial charge in [-0.15, -0.1) is 0 Å². The summed E-state index contributed by atoms with van der Waals surface area (Å²) < 4.78 is 5.06. The van der Waals surface area contributed by atoms with Crippen molar-refractivity contribution in [3.05, 3.63) is 35.5 Å². The summed E-state index contributed by atoms with van der Waals surface area (Å²) in [6.45, 7) is 1.05. The molecule has 0 unspecified atom stereocenters. The lowest BCUT2D eigenvalue weighted by atomic mass is 10.1. The summed E-state index contributed by atoms with van der Waals surface area (Å²) in [5, 5.41) is 0. The number of piperazine rings is 1. The molecule has 21 heavy (non-hydrogen) atoms. The standard InChI is InChI=1S/C15H16N2O4/c1-10(18)17-9-14(19)16(2)13(15(17)20)8-11-4-6-12(21-3)7-5-11/h4-8H,9H2,1-3H3/b13-8+. The van der Waals surface area contributed by atoms with Crippen LogP contribution in [-0.2, 0) is 14.4 Å². The van der Waals surface area contributed by atoms with Crippen LogP contribution in [0.15, 0.2) is 30.0 Å². The van der Waals surface area contributed by atoms with Gasteiger partial charge in [0.15, 0.2) is 0 Å². The van der Waals surface area contributed by atoms with Gasteiger partial charge < -0.3 is 9.64 Å². The van der Waals surface area contributed by atoms with Crippen molar-refractivity contribution in [1.29, 1.82) is 0 Å². The van der Waals surface area contributed by atoms with E-state index in [0.29, 0.717) is 5.75 Å². The highest BCUT2D eigenvalue weighted by atomic mass is 16.5. The van der Waals surface area contributed by atoms with Crippen LogP contribution >= 0.6 is 0 Å². The predicted octanol–water partition coefficient (Wildman–Crippen LogP) is 0.883. The summed E-state index contributed by atoms with van der Waals surface area (Å²) in [5.74, 6) is -0.519. The van der Waals surface area contributed by atoms with E-state index < -0.39 is 11.8 Å². The Morgan fingerprint density at radius 3 is 2.38 bits per heavy atom. The zero-order valence-corrected chi connectivity index (χ0v) is 12.1. The zero-order valence-electron chi connectivity index (χ0n) is 12.1. The number of methoxy groups -OCH3 is 1. The van der Waals surface area contributed by atoms with Crippen LogP contribution in [0, 0.1) is 0 Å². The third-order valence-corrected chi connectivity index (χ3v) is 3.29. The van der Waals surface area contributed by atoms with E-state index in [0.717, 1.165) is 10.5 Å². The summed E-state index contributed by atoms with van der Waals surface area (Å²) in [6, 6.07) is 7.04. The van der Waals surface area contributed by atoms with E-state index in [4.69, 9.17) is 4.74 Å². The van der Waals surface area contributed by atoms with Gasteiger partial charge in [-0.25, -0.2) is 0 Å². The Morgan fingerprint density at radius 1 is 1.24 bits per heavy atom. The zero-order chi connectivity index (χ0) is 15.6. The number of nitrogens with zero attached hydrogens (tertiary/aromatic N) is 2. The molecule has 0 spiro atoms. The fourth-order valence-corrected chi connectivity index (χ4v) is 2.00. The molecule has 6 nitrogen and oxygen atoms in total. The van der Waals surface area contributed by atoms with Gasteiger partial charge in [-0.2, -0.15) is 0 Å². The largest absolute Gasteiger partial charge is 0.497 e. The van der Waals surface area contributed by atoms with Crippen LogP contribution in [0.25, 0.3) is 6.08 Å². The fourth-order valence-electron chi connectivity index (χ4n) is 2.00. The minimum atomic E-state index is -0.472. The van der Waals surface area contributed by atoms with Gasteiger partial charge >= 0.3 is 0 Å². The second-order valence-electron chi connectivity index (χ2n) is 4.67. The van der Waals surface area contributed by atoms with Gasteiger partial charge in [0.1, 0.15) is 18.0 Å². The normalized spacial score (nSPS) is 17.4. The van der Waals surface area contributed by atoms with Crippen LogP contribution in [0.5, 0.6) is 5.75 Å². The van der Waals surface area contributed by atoms with Gasteiger partial charge in [0.05, 0.1) is 7.11 Å². The number of hydrogen-bond acceptors (Lipinski definition) is 4.